The van der Waals surface area contributed by atoms with Gasteiger partial charge in [-0.3, -0.25) is 19.2 Å². The summed E-state index contributed by atoms with van der Waals surface area (Å²) in [5.41, 5.74) is 2.31. The number of Topliss-reactive ketones (excluding diaryl/α,β-unsaturated/α-hetero) is 1. The summed E-state index contributed by atoms with van der Waals surface area (Å²) < 4.78 is 13.0. The fourth-order valence-corrected chi connectivity index (χ4v) is 9.03. The molecule has 2 amide bonds. The second kappa shape index (κ2) is 18.8. The van der Waals surface area contributed by atoms with E-state index in [-0.39, 0.29) is 64.4 Å². The molecule has 0 aliphatic carbocycles. The highest BCUT2D eigenvalue weighted by atomic mass is 16.5. The van der Waals surface area contributed by atoms with E-state index in [0.717, 1.165) is 17.7 Å². The van der Waals surface area contributed by atoms with Gasteiger partial charge in [-0.2, -0.15) is 0 Å². The van der Waals surface area contributed by atoms with E-state index in [1.807, 2.05) is 41.0 Å². The number of phenolic OH excluding ortho intramolecular Hbond substituents is 2. The summed E-state index contributed by atoms with van der Waals surface area (Å²) >= 11 is 0. The highest BCUT2D eigenvalue weighted by Crippen LogP contribution is 2.44. The monoisotopic (exact) mass is 815 g/mol. The van der Waals surface area contributed by atoms with Crippen molar-refractivity contribution in [3.8, 4) is 17.2 Å². The van der Waals surface area contributed by atoms with E-state index < -0.39 is 35.7 Å². The Morgan fingerprint density at radius 1 is 0.933 bits per heavy atom. The first-order valence-electron chi connectivity index (χ1n) is 20.9. The van der Waals surface area contributed by atoms with Crippen molar-refractivity contribution in [2.75, 3.05) is 20.2 Å². The molecule has 1 fully saturated rings. The van der Waals surface area contributed by atoms with Crippen molar-refractivity contribution in [1.82, 2.24) is 14.8 Å². The number of nitrogens with zero attached hydrogens (tertiary/aromatic N) is 2. The van der Waals surface area contributed by atoms with Crippen LogP contribution in [0, 0.1) is 5.92 Å². The summed E-state index contributed by atoms with van der Waals surface area (Å²) in [5, 5.41) is 26.8. The average Bonchev–Trinajstić information content (AvgIpc) is 3.23. The van der Waals surface area contributed by atoms with Crippen molar-refractivity contribution < 1.29 is 38.9 Å². The number of aromatic nitrogens is 1. The number of likely N-dealkylation sites (tertiary alicyclic amines) is 1. The zero-order valence-electron chi connectivity index (χ0n) is 34.2. The lowest BCUT2D eigenvalue weighted by molar-refractivity contribution is -0.138. The van der Waals surface area contributed by atoms with E-state index in [1.54, 1.807) is 60.4 Å². The first-order chi connectivity index (χ1) is 29.0. The maximum Gasteiger partial charge on any atom is 0.342 e. The third-order valence-corrected chi connectivity index (χ3v) is 12.0. The first kappa shape index (κ1) is 42.0. The van der Waals surface area contributed by atoms with Crippen molar-refractivity contribution in [2.45, 2.75) is 95.2 Å². The molecular weight excluding hydrogens is 763 g/mol. The minimum Gasteiger partial charge on any atom is -0.507 e. The number of fused-ring (bicyclic) bond motifs is 5. The molecule has 314 valence electrons. The van der Waals surface area contributed by atoms with E-state index in [1.165, 1.54) is 13.2 Å². The molecule has 0 spiro atoms. The number of ether oxygens (including phenoxy) is 2. The number of hydrogen-bond acceptors (Lipinski definition) is 9. The molecule has 60 heavy (non-hydrogen) atoms. The number of pyridine rings is 1. The smallest absolute Gasteiger partial charge is 0.342 e. The van der Waals surface area contributed by atoms with Gasteiger partial charge in [0.2, 0.25) is 11.8 Å². The number of carbonyl (C=O) groups excluding carboxylic acids is 4. The number of benzene rings is 3. The molecule has 1 saturated heterocycles. The Kier molecular flexibility index (Phi) is 13.2. The van der Waals surface area contributed by atoms with E-state index in [0.29, 0.717) is 69.5 Å². The molecule has 4 aromatic rings. The van der Waals surface area contributed by atoms with Crippen molar-refractivity contribution >= 4 is 29.6 Å². The number of nitrogens with one attached hydrogen (secondary N) is 1. The van der Waals surface area contributed by atoms with E-state index >= 15 is 0 Å². The largest absolute Gasteiger partial charge is 0.507 e. The second-order valence-electron chi connectivity index (χ2n) is 16.3. The predicted octanol–water partition coefficient (Wildman–Crippen LogP) is 6.65. The van der Waals surface area contributed by atoms with Crippen molar-refractivity contribution in [1.29, 1.82) is 0 Å². The number of aromatic hydroxyl groups is 2. The summed E-state index contributed by atoms with van der Waals surface area (Å²) in [5.74, 6) is -2.60. The van der Waals surface area contributed by atoms with Gasteiger partial charge in [-0.25, -0.2) is 4.79 Å². The standard InChI is InChI=1S/C48H53N3O9/c1-30-11-9-16-36(52)15-8-4-7-14-34-25-41(53)45(46(56)44(34)48(58)60-30)38(33-19-21-37(59-2)22-20-33)26-42(54)49-39(24-31-12-5-3-6-13-31)47(57)50-27-32-23-35(29-50)40-17-10-18-43(55)51(40)28-32/h3,5-7,10,12-14,17-22,25,30,32,35,38-39,53,56H,4,8-9,11,15-16,23-24,26-29H2,1-2H3,(H,49,54)/b14-7+/t30-,32+,35-,38?,39-/m0/s1. The van der Waals surface area contributed by atoms with Crippen LogP contribution in [0.5, 0.6) is 17.2 Å². The molecule has 1 aromatic heterocycles. The number of hydrogen-bond donors (Lipinski definition) is 3. The maximum atomic E-state index is 14.6. The summed E-state index contributed by atoms with van der Waals surface area (Å²) in [7, 11) is 1.53. The Balaban J connectivity index is 1.21. The molecule has 3 aliphatic heterocycles. The van der Waals surface area contributed by atoms with Crippen molar-refractivity contribution in [3.63, 3.8) is 0 Å². The average molecular weight is 816 g/mol. The van der Waals surface area contributed by atoms with Crippen LogP contribution < -0.4 is 15.6 Å². The Bertz CT molecular complexity index is 2300. The number of cyclic esters (lactones) is 1. The molecule has 3 N–H and O–H groups in total. The number of amides is 2. The van der Waals surface area contributed by atoms with Gasteiger partial charge in [0, 0.05) is 74.5 Å². The van der Waals surface area contributed by atoms with Gasteiger partial charge in [-0.15, -0.1) is 0 Å². The normalized spacial score (nSPS) is 21.0. The molecule has 0 radical (unpaired) electrons. The zero-order chi connectivity index (χ0) is 42.3. The van der Waals surface area contributed by atoms with Crippen LogP contribution in [-0.2, 0) is 32.1 Å². The third kappa shape index (κ3) is 9.65. The van der Waals surface area contributed by atoms with Gasteiger partial charge >= 0.3 is 5.97 Å². The first-order valence-corrected chi connectivity index (χ1v) is 20.9. The lowest BCUT2D eigenvalue weighted by atomic mass is 9.82. The van der Waals surface area contributed by atoms with Crippen LogP contribution in [0.1, 0.15) is 108 Å². The Hall–Kier alpha value is -6.17. The van der Waals surface area contributed by atoms with Gasteiger partial charge < -0.3 is 34.5 Å². The van der Waals surface area contributed by atoms with Gasteiger partial charge in [0.05, 0.1) is 13.2 Å². The number of rotatable bonds is 9. The van der Waals surface area contributed by atoms with Crippen LogP contribution in [0.25, 0.3) is 6.08 Å². The summed E-state index contributed by atoms with van der Waals surface area (Å²) in [6, 6.07) is 22.0. The molecule has 0 saturated carbocycles. The van der Waals surface area contributed by atoms with Gasteiger partial charge in [0.1, 0.15) is 34.6 Å². The summed E-state index contributed by atoms with van der Waals surface area (Å²) in [6.07, 6.45) is 6.65. The number of carbonyl (C=O) groups is 4. The second-order valence-corrected chi connectivity index (χ2v) is 16.3. The highest BCUT2D eigenvalue weighted by molar-refractivity contribution is 5.98. The van der Waals surface area contributed by atoms with Crippen LogP contribution in [0.2, 0.25) is 0 Å². The number of esters is 1. The number of phenols is 2. The Labute approximate surface area is 349 Å². The van der Waals surface area contributed by atoms with Gasteiger partial charge in [0.25, 0.3) is 5.56 Å². The number of allylic oxidation sites excluding steroid dienone is 1. The highest BCUT2D eigenvalue weighted by Gasteiger charge is 2.39. The number of piperidine rings is 1. The van der Waals surface area contributed by atoms with Crippen LogP contribution in [-0.4, -0.2) is 75.6 Å². The minimum absolute atomic E-state index is 0.0171. The van der Waals surface area contributed by atoms with E-state index in [2.05, 4.69) is 5.32 Å². The third-order valence-electron chi connectivity index (χ3n) is 12.0. The molecule has 3 aromatic carbocycles. The molecule has 12 heteroatoms. The Morgan fingerprint density at radius 3 is 2.47 bits per heavy atom. The molecule has 2 bridgehead atoms. The predicted molar refractivity (Wildman–Crippen MR) is 226 cm³/mol. The van der Waals surface area contributed by atoms with Crippen LogP contribution in [0.4, 0.5) is 0 Å². The van der Waals surface area contributed by atoms with Gasteiger partial charge in [-0.05, 0) is 85.9 Å². The van der Waals surface area contributed by atoms with Crippen molar-refractivity contribution in [2.24, 2.45) is 5.92 Å². The molecule has 4 heterocycles. The lowest BCUT2D eigenvalue weighted by Gasteiger charge is -2.43. The van der Waals surface area contributed by atoms with Crippen LogP contribution in [0.15, 0.2) is 89.7 Å². The fraction of sp³-hybridized carbons (Fsp3) is 0.396. The maximum absolute atomic E-state index is 14.6. The quantitative estimate of drug-likeness (QED) is 0.157. The molecule has 12 nitrogen and oxygen atoms in total. The lowest BCUT2D eigenvalue weighted by Crippen LogP contribution is -2.55. The van der Waals surface area contributed by atoms with Gasteiger partial charge in [-0.1, -0.05) is 60.7 Å². The molecular formula is C48H53N3O9. The molecule has 3 aliphatic rings. The van der Waals surface area contributed by atoms with Crippen LogP contribution >= 0.6 is 0 Å². The number of methoxy groups -OCH3 is 1. The van der Waals surface area contributed by atoms with E-state index in [4.69, 9.17) is 9.47 Å². The molecule has 1 unspecified atom stereocenters. The number of ketones is 1. The molecule has 5 atom stereocenters. The summed E-state index contributed by atoms with van der Waals surface area (Å²) in [6.45, 7) is 3.11. The summed E-state index contributed by atoms with van der Waals surface area (Å²) in [4.78, 5) is 69.7. The zero-order valence-corrected chi connectivity index (χ0v) is 34.2. The van der Waals surface area contributed by atoms with Gasteiger partial charge in [0.15, 0.2) is 0 Å². The minimum atomic E-state index is -0.980. The Morgan fingerprint density at radius 2 is 1.70 bits per heavy atom. The van der Waals surface area contributed by atoms with Crippen molar-refractivity contribution in [3.05, 3.63) is 129 Å². The molecule has 7 rings (SSSR count). The van der Waals surface area contributed by atoms with E-state index in [9.17, 15) is 34.2 Å². The topological polar surface area (TPSA) is 164 Å². The fourth-order valence-electron chi connectivity index (χ4n) is 9.03. The van der Waals surface area contributed by atoms with Crippen LogP contribution in [0.3, 0.4) is 0 Å². The SMILES string of the molecule is COc1ccc(C(CC(=O)N[C@@H](Cc2ccccc2)C(=O)N2C[C@H]3C[C@@H](C2)c2cccc(=O)n2C3)c2c(O)cc3c(c2O)C(=O)O[C@@H](C)CCCC(=O)CCC/C=C/3)cc1.